The van der Waals surface area contributed by atoms with Crippen LogP contribution in [0.1, 0.15) is 51.1 Å². The van der Waals surface area contributed by atoms with E-state index in [1.807, 2.05) is 47.8 Å². The monoisotopic (exact) mass is 471 g/mol. The highest BCUT2D eigenvalue weighted by molar-refractivity contribution is 7.12. The van der Waals surface area contributed by atoms with Crippen molar-refractivity contribution in [2.45, 2.75) is 31.7 Å². The molecule has 0 spiro atoms. The number of benzene rings is 1. The van der Waals surface area contributed by atoms with Crippen molar-refractivity contribution in [1.82, 2.24) is 9.99 Å². The molecule has 1 unspecified atom stereocenters. The lowest BCUT2D eigenvalue weighted by molar-refractivity contribution is -0.136. The van der Waals surface area contributed by atoms with E-state index in [1.54, 1.807) is 23.7 Å². The van der Waals surface area contributed by atoms with Gasteiger partial charge in [0.2, 0.25) is 0 Å². The first kappa shape index (κ1) is 20.8. The minimum Gasteiger partial charge on any atom is -0.467 e. The van der Waals surface area contributed by atoms with Crippen LogP contribution in [0.5, 0.6) is 0 Å². The Balaban J connectivity index is 1.26. The fraction of sp³-hybridized carbons (Fsp3) is 0.231. The molecule has 0 N–H and O–H groups in total. The average Bonchev–Trinajstić information content (AvgIpc) is 3.66. The van der Waals surface area contributed by atoms with Crippen molar-refractivity contribution in [3.63, 3.8) is 0 Å². The lowest BCUT2D eigenvalue weighted by Crippen LogP contribution is -2.31. The van der Waals surface area contributed by atoms with Crippen LogP contribution in [0.25, 0.3) is 10.9 Å². The van der Waals surface area contributed by atoms with Crippen molar-refractivity contribution in [3.05, 3.63) is 87.6 Å². The Morgan fingerprint density at radius 3 is 2.85 bits per heavy atom. The fourth-order valence-corrected chi connectivity index (χ4v) is 5.47. The number of rotatable bonds is 5. The van der Waals surface area contributed by atoms with Gasteiger partial charge in [0.15, 0.2) is 6.61 Å². The molecule has 34 heavy (non-hydrogen) atoms. The van der Waals surface area contributed by atoms with Gasteiger partial charge in [-0.2, -0.15) is 5.10 Å². The molecule has 7 nitrogen and oxygen atoms in total. The predicted octanol–water partition coefficient (Wildman–Crippen LogP) is 4.91. The number of carbonyl (C=O) groups excluding carboxylic acids is 2. The summed E-state index contributed by atoms with van der Waals surface area (Å²) in [5.41, 5.74) is 3.99. The Labute approximate surface area is 199 Å². The van der Waals surface area contributed by atoms with E-state index in [2.05, 4.69) is 5.10 Å². The zero-order valence-electron chi connectivity index (χ0n) is 18.3. The summed E-state index contributed by atoms with van der Waals surface area (Å²) in [5, 5.41) is 8.69. The normalized spacial score (nSPS) is 17.1. The van der Waals surface area contributed by atoms with Crippen LogP contribution >= 0.6 is 11.3 Å². The zero-order chi connectivity index (χ0) is 23.1. The standard InChI is InChI=1S/C26H21N3O4S/c30-24(29-21(22-10-4-12-32-22)14-20(28-29)23-11-5-13-34-23)15-33-26(31)25-16-6-1-2-8-18(16)27-19-9-3-7-17(19)25/h1-2,4-6,8,10-13,21H,3,7,9,14-15H2. The second kappa shape index (κ2) is 8.53. The smallest absolute Gasteiger partial charge is 0.339 e. The molecule has 0 saturated heterocycles. The zero-order valence-corrected chi connectivity index (χ0v) is 19.1. The third-order valence-corrected chi connectivity index (χ3v) is 7.21. The van der Waals surface area contributed by atoms with E-state index in [-0.39, 0.29) is 6.04 Å². The van der Waals surface area contributed by atoms with E-state index in [0.29, 0.717) is 17.7 Å². The van der Waals surface area contributed by atoms with Gasteiger partial charge in [-0.05, 0) is 54.5 Å². The van der Waals surface area contributed by atoms with Crippen LogP contribution in [0.2, 0.25) is 0 Å². The van der Waals surface area contributed by atoms with Gasteiger partial charge < -0.3 is 9.15 Å². The molecule has 2 aliphatic rings. The van der Waals surface area contributed by atoms with Crippen molar-refractivity contribution in [3.8, 4) is 0 Å². The second-order valence-corrected chi connectivity index (χ2v) is 9.30. The predicted molar refractivity (Wildman–Crippen MR) is 128 cm³/mol. The number of pyridine rings is 1. The van der Waals surface area contributed by atoms with Gasteiger partial charge in [-0.1, -0.05) is 24.3 Å². The third kappa shape index (κ3) is 3.60. The van der Waals surface area contributed by atoms with E-state index >= 15 is 0 Å². The van der Waals surface area contributed by atoms with Gasteiger partial charge in [0, 0.05) is 17.5 Å². The quantitative estimate of drug-likeness (QED) is 0.386. The molecule has 4 aromatic rings. The molecule has 1 aliphatic carbocycles. The number of aromatic nitrogens is 1. The van der Waals surface area contributed by atoms with Crippen molar-refractivity contribution < 1.29 is 18.7 Å². The summed E-state index contributed by atoms with van der Waals surface area (Å²) in [5.74, 6) is -0.245. The maximum Gasteiger partial charge on any atom is 0.339 e. The van der Waals surface area contributed by atoms with Gasteiger partial charge in [0.1, 0.15) is 11.8 Å². The van der Waals surface area contributed by atoms with Gasteiger partial charge in [0.05, 0.1) is 27.9 Å². The SMILES string of the molecule is O=C(OCC(=O)N1N=C(c2cccs2)CC1c1ccco1)c1c2c(nc3ccccc13)CCC2. The lowest BCUT2D eigenvalue weighted by atomic mass is 10.0. The van der Waals surface area contributed by atoms with Crippen molar-refractivity contribution >= 4 is 39.8 Å². The van der Waals surface area contributed by atoms with Crippen molar-refractivity contribution in [2.24, 2.45) is 5.10 Å². The first-order valence-electron chi connectivity index (χ1n) is 11.2. The molecular weight excluding hydrogens is 450 g/mol. The van der Waals surface area contributed by atoms with Crippen molar-refractivity contribution in [1.29, 1.82) is 0 Å². The van der Waals surface area contributed by atoms with Gasteiger partial charge >= 0.3 is 5.97 Å². The van der Waals surface area contributed by atoms with Crippen LogP contribution in [-0.4, -0.2) is 34.2 Å². The number of aryl methyl sites for hydroxylation is 1. The fourth-order valence-electron chi connectivity index (χ4n) is 4.74. The summed E-state index contributed by atoms with van der Waals surface area (Å²) in [6.45, 7) is -0.400. The number of hydrogen-bond acceptors (Lipinski definition) is 7. The molecule has 0 saturated carbocycles. The van der Waals surface area contributed by atoms with Crippen molar-refractivity contribution in [2.75, 3.05) is 6.61 Å². The third-order valence-electron chi connectivity index (χ3n) is 6.29. The molecule has 0 bridgehead atoms. The number of ether oxygens (including phenoxy) is 1. The van der Waals surface area contributed by atoms with Crippen LogP contribution in [0.3, 0.4) is 0 Å². The number of para-hydroxylation sites is 1. The lowest BCUT2D eigenvalue weighted by Gasteiger charge is -2.20. The Morgan fingerprint density at radius 1 is 1.12 bits per heavy atom. The number of amides is 1. The first-order chi connectivity index (χ1) is 16.7. The molecule has 1 aromatic carbocycles. The highest BCUT2D eigenvalue weighted by Crippen LogP contribution is 2.34. The van der Waals surface area contributed by atoms with E-state index in [1.165, 1.54) is 5.01 Å². The minimum atomic E-state index is -0.499. The summed E-state index contributed by atoms with van der Waals surface area (Å²) in [4.78, 5) is 32.1. The number of fused-ring (bicyclic) bond motifs is 2. The number of esters is 1. The van der Waals surface area contributed by atoms with Gasteiger partial charge in [-0.25, -0.2) is 9.80 Å². The summed E-state index contributed by atoms with van der Waals surface area (Å²) in [6.07, 6.45) is 4.70. The molecule has 8 heteroatoms. The maximum absolute atomic E-state index is 13.2. The van der Waals surface area contributed by atoms with Crippen LogP contribution in [0, 0.1) is 0 Å². The molecule has 170 valence electrons. The number of hydrogen-bond donors (Lipinski definition) is 0. The number of thiophene rings is 1. The molecule has 1 atom stereocenters. The number of carbonyl (C=O) groups is 2. The highest BCUT2D eigenvalue weighted by atomic mass is 32.1. The molecule has 0 fully saturated rings. The van der Waals surface area contributed by atoms with Crippen LogP contribution < -0.4 is 0 Å². The molecular formula is C26H21N3O4S. The Hall–Kier alpha value is -3.78. The van der Waals surface area contributed by atoms with E-state index in [9.17, 15) is 9.59 Å². The topological polar surface area (TPSA) is 85.0 Å². The van der Waals surface area contributed by atoms with E-state index in [0.717, 1.165) is 52.0 Å². The number of furan rings is 1. The summed E-state index contributed by atoms with van der Waals surface area (Å²) >= 11 is 1.57. The summed E-state index contributed by atoms with van der Waals surface area (Å²) in [7, 11) is 0. The largest absolute Gasteiger partial charge is 0.467 e. The Morgan fingerprint density at radius 2 is 2.03 bits per heavy atom. The molecule has 0 radical (unpaired) electrons. The number of hydrazone groups is 1. The Kier molecular flexibility index (Phi) is 5.22. The van der Waals surface area contributed by atoms with Crippen LogP contribution in [-0.2, 0) is 22.4 Å². The number of nitrogens with zero attached hydrogens (tertiary/aromatic N) is 3. The maximum atomic E-state index is 13.2. The van der Waals surface area contributed by atoms with Gasteiger partial charge in [-0.15, -0.1) is 11.3 Å². The Bertz CT molecular complexity index is 1410. The second-order valence-electron chi connectivity index (χ2n) is 8.36. The molecule has 1 amide bonds. The van der Waals surface area contributed by atoms with E-state index in [4.69, 9.17) is 14.1 Å². The highest BCUT2D eigenvalue weighted by Gasteiger charge is 2.36. The molecule has 4 heterocycles. The van der Waals surface area contributed by atoms with Gasteiger partial charge in [-0.3, -0.25) is 9.78 Å². The van der Waals surface area contributed by atoms with E-state index < -0.39 is 18.5 Å². The minimum absolute atomic E-state index is 0.371. The van der Waals surface area contributed by atoms with Crippen LogP contribution in [0.4, 0.5) is 0 Å². The molecule has 3 aromatic heterocycles. The summed E-state index contributed by atoms with van der Waals surface area (Å²) in [6, 6.07) is 14.7. The summed E-state index contributed by atoms with van der Waals surface area (Å²) < 4.78 is 11.2. The van der Waals surface area contributed by atoms with Crippen LogP contribution in [0.15, 0.2) is 69.7 Å². The van der Waals surface area contributed by atoms with Gasteiger partial charge in [0.25, 0.3) is 5.91 Å². The molecule has 6 rings (SSSR count). The average molecular weight is 472 g/mol. The first-order valence-corrected chi connectivity index (χ1v) is 12.1. The molecule has 1 aliphatic heterocycles.